The molecule has 2 aromatic rings. The first-order valence-electron chi connectivity index (χ1n) is 8.72. The van der Waals surface area contributed by atoms with Crippen LogP contribution < -0.4 is 16.8 Å². The number of pyridine rings is 1. The zero-order chi connectivity index (χ0) is 19.0. The number of benzene rings is 1. The number of fused-ring (bicyclic) bond motifs is 2. The van der Waals surface area contributed by atoms with Gasteiger partial charge < -0.3 is 9.55 Å². The van der Waals surface area contributed by atoms with Crippen molar-refractivity contribution in [3.63, 3.8) is 0 Å². The van der Waals surface area contributed by atoms with E-state index < -0.39 is 11.2 Å². The third-order valence-corrected chi connectivity index (χ3v) is 4.43. The predicted molar refractivity (Wildman–Crippen MR) is 102 cm³/mol. The molecule has 1 aromatic carbocycles. The first-order chi connectivity index (χ1) is 13.1. The summed E-state index contributed by atoms with van der Waals surface area (Å²) in [5, 5.41) is 0.282. The van der Waals surface area contributed by atoms with Crippen LogP contribution in [-0.2, 0) is 6.54 Å². The van der Waals surface area contributed by atoms with E-state index in [0.29, 0.717) is 18.0 Å². The molecule has 2 aliphatic rings. The number of nitrogens with one attached hydrogen (secondary N) is 2. The van der Waals surface area contributed by atoms with Crippen LogP contribution in [0.15, 0.2) is 50.8 Å². The number of unbranched alkanes of at least 4 members (excludes halogenated alkanes) is 1. The molecule has 3 heterocycles. The maximum atomic E-state index is 12.7. The zero-order valence-electron chi connectivity index (χ0n) is 14.7. The van der Waals surface area contributed by atoms with Crippen LogP contribution in [0.5, 0.6) is 0 Å². The Morgan fingerprint density at radius 1 is 1.00 bits per heavy atom. The van der Waals surface area contributed by atoms with Gasteiger partial charge in [0.1, 0.15) is 11.5 Å². The molecule has 1 aromatic heterocycles. The zero-order valence-corrected chi connectivity index (χ0v) is 14.7. The number of H-pyrrole nitrogens is 2. The van der Waals surface area contributed by atoms with E-state index in [9.17, 15) is 14.4 Å². The lowest BCUT2D eigenvalue weighted by Crippen LogP contribution is -2.29. The summed E-state index contributed by atoms with van der Waals surface area (Å²) in [6.45, 7) is 2.52. The van der Waals surface area contributed by atoms with Crippen molar-refractivity contribution in [2.75, 3.05) is 0 Å². The number of nitrogens with zero attached hydrogens (tertiary/aromatic N) is 3. The molecule has 0 radical (unpaired) electrons. The Kier molecular flexibility index (Phi) is 4.15. The minimum atomic E-state index is -0.717. The topological polar surface area (TPSA) is 113 Å². The van der Waals surface area contributed by atoms with Crippen LogP contribution in [0.4, 0.5) is 0 Å². The molecule has 0 unspecified atom stereocenters. The molecule has 2 N–H and O–H groups in total. The third-order valence-electron chi connectivity index (χ3n) is 4.43. The maximum Gasteiger partial charge on any atom is 0.349 e. The molecule has 0 spiro atoms. The number of aromatic nitrogens is 5. The lowest BCUT2D eigenvalue weighted by atomic mass is 10.1. The van der Waals surface area contributed by atoms with Gasteiger partial charge >= 0.3 is 5.69 Å². The quantitative estimate of drug-likeness (QED) is 0.536. The largest absolute Gasteiger partial charge is 0.349 e. The van der Waals surface area contributed by atoms with Crippen molar-refractivity contribution in [2.45, 2.75) is 26.3 Å². The fraction of sp³-hybridized carbons (Fsp3) is 0.211. The predicted octanol–water partition coefficient (Wildman–Crippen LogP) is 1.74. The van der Waals surface area contributed by atoms with Crippen molar-refractivity contribution in [1.82, 2.24) is 24.5 Å². The van der Waals surface area contributed by atoms with Gasteiger partial charge in [0.25, 0.3) is 11.1 Å². The molecule has 0 saturated heterocycles. The molecule has 0 bridgehead atoms. The van der Waals surface area contributed by atoms with Crippen molar-refractivity contribution >= 4 is 11.0 Å². The van der Waals surface area contributed by atoms with Crippen LogP contribution in [0.2, 0.25) is 0 Å². The van der Waals surface area contributed by atoms with E-state index in [2.05, 4.69) is 19.9 Å². The highest BCUT2D eigenvalue weighted by atomic mass is 16.2. The third kappa shape index (κ3) is 2.95. The van der Waals surface area contributed by atoms with Crippen molar-refractivity contribution in [3.8, 4) is 22.8 Å². The Labute approximate surface area is 152 Å². The molecule has 27 heavy (non-hydrogen) atoms. The average molecular weight is 363 g/mol. The lowest BCUT2D eigenvalue weighted by molar-refractivity contribution is 0.636. The van der Waals surface area contributed by atoms with Gasteiger partial charge in [-0.15, -0.1) is 0 Å². The molecular formula is C19H17N5O3. The fourth-order valence-corrected chi connectivity index (χ4v) is 3.10. The lowest BCUT2D eigenvalue weighted by Gasteiger charge is -2.16. The number of aromatic amines is 2. The van der Waals surface area contributed by atoms with Gasteiger partial charge in [-0.3, -0.25) is 14.6 Å². The van der Waals surface area contributed by atoms with Crippen molar-refractivity contribution in [3.05, 3.63) is 67.6 Å². The average Bonchev–Trinajstić information content (AvgIpc) is 2.66. The minimum absolute atomic E-state index is 0.193. The SMILES string of the molecule is CCCCn1c2nc(=O)[nH]c(=O)c-2cc2c(=O)[nH]c(-c3ccccc3)nc21. The molecule has 0 saturated carbocycles. The molecule has 0 atom stereocenters. The van der Waals surface area contributed by atoms with E-state index in [1.807, 2.05) is 37.3 Å². The fourth-order valence-electron chi connectivity index (χ4n) is 3.10. The number of hydrogen-bond acceptors (Lipinski definition) is 5. The highest BCUT2D eigenvalue weighted by Crippen LogP contribution is 2.23. The van der Waals surface area contributed by atoms with Crippen molar-refractivity contribution in [2.24, 2.45) is 0 Å². The smallest absolute Gasteiger partial charge is 0.309 e. The number of rotatable bonds is 4. The summed E-state index contributed by atoms with van der Waals surface area (Å²) in [6.07, 6.45) is 1.68. The van der Waals surface area contributed by atoms with Gasteiger partial charge in [0, 0.05) is 12.1 Å². The molecule has 4 rings (SSSR count). The van der Waals surface area contributed by atoms with Crippen LogP contribution in [0, 0.1) is 0 Å². The van der Waals surface area contributed by atoms with Gasteiger partial charge in [-0.1, -0.05) is 43.7 Å². The Bertz CT molecular complexity index is 1270. The number of aryl methyl sites for hydroxylation is 1. The summed E-state index contributed by atoms with van der Waals surface area (Å²) in [6, 6.07) is 10.7. The Morgan fingerprint density at radius 2 is 1.78 bits per heavy atom. The Hall–Kier alpha value is -3.55. The van der Waals surface area contributed by atoms with Gasteiger partial charge in [0.05, 0.1) is 10.9 Å². The van der Waals surface area contributed by atoms with E-state index in [1.165, 1.54) is 6.07 Å². The second-order valence-corrected chi connectivity index (χ2v) is 6.28. The molecule has 0 fully saturated rings. The van der Waals surface area contributed by atoms with Crippen molar-refractivity contribution in [1.29, 1.82) is 0 Å². The van der Waals surface area contributed by atoms with Crippen LogP contribution in [0.25, 0.3) is 33.8 Å². The monoisotopic (exact) mass is 363 g/mol. The summed E-state index contributed by atoms with van der Waals surface area (Å²) in [5.41, 5.74) is -0.276. The van der Waals surface area contributed by atoms with Crippen LogP contribution in [0.3, 0.4) is 0 Å². The molecule has 0 aliphatic carbocycles. The highest BCUT2D eigenvalue weighted by molar-refractivity contribution is 5.83. The summed E-state index contributed by atoms with van der Waals surface area (Å²) < 4.78 is 1.69. The van der Waals surface area contributed by atoms with Crippen LogP contribution in [-0.4, -0.2) is 24.5 Å². The highest BCUT2D eigenvalue weighted by Gasteiger charge is 2.19. The molecule has 0 amide bonds. The van der Waals surface area contributed by atoms with Gasteiger partial charge in [0.2, 0.25) is 0 Å². The first kappa shape index (κ1) is 16.9. The minimum Gasteiger partial charge on any atom is -0.309 e. The molecule has 8 heteroatoms. The normalized spacial score (nSPS) is 11.3. The molecule has 136 valence electrons. The van der Waals surface area contributed by atoms with E-state index in [4.69, 9.17) is 0 Å². The Balaban J connectivity index is 2.13. The summed E-state index contributed by atoms with van der Waals surface area (Å²) in [7, 11) is 0. The molecule has 2 aliphatic heterocycles. The first-order valence-corrected chi connectivity index (χ1v) is 8.72. The Morgan fingerprint density at radius 3 is 2.52 bits per heavy atom. The van der Waals surface area contributed by atoms with Gasteiger partial charge in [0.15, 0.2) is 5.82 Å². The number of hydrogen-bond donors (Lipinski definition) is 2. The van der Waals surface area contributed by atoms with Crippen molar-refractivity contribution < 1.29 is 0 Å². The molecule has 8 nitrogen and oxygen atoms in total. The van der Waals surface area contributed by atoms with E-state index >= 15 is 0 Å². The maximum absolute atomic E-state index is 12.7. The summed E-state index contributed by atoms with van der Waals surface area (Å²) >= 11 is 0. The van der Waals surface area contributed by atoms with E-state index in [0.717, 1.165) is 18.4 Å². The van der Waals surface area contributed by atoms with Gasteiger partial charge in [-0.2, -0.15) is 4.98 Å². The second kappa shape index (κ2) is 6.64. The van der Waals surface area contributed by atoms with E-state index in [1.54, 1.807) is 4.57 Å². The summed E-state index contributed by atoms with van der Waals surface area (Å²) in [4.78, 5) is 50.2. The van der Waals surface area contributed by atoms with E-state index in [-0.39, 0.29) is 22.3 Å². The second-order valence-electron chi connectivity index (χ2n) is 6.28. The van der Waals surface area contributed by atoms with Gasteiger partial charge in [-0.25, -0.2) is 9.78 Å². The standard InChI is InChI=1S/C19H17N5O3/c1-2-3-9-24-15-12(10-13-16(24)22-19(27)23-18(13)26)17(25)21-14(20-15)11-7-5-4-6-8-11/h4-8,10H,2-3,9H2,1H3,(H,20,21,25)(H,23,26,27). The summed E-state index contributed by atoms with van der Waals surface area (Å²) in [5.74, 6) is 0.659. The van der Waals surface area contributed by atoms with Gasteiger partial charge in [-0.05, 0) is 12.5 Å². The van der Waals surface area contributed by atoms with Crippen LogP contribution >= 0.6 is 0 Å². The molecular weight excluding hydrogens is 346 g/mol. The van der Waals surface area contributed by atoms with Crippen LogP contribution in [0.1, 0.15) is 19.8 Å².